The Kier molecular flexibility index (Phi) is 26.1. The summed E-state index contributed by atoms with van der Waals surface area (Å²) in [6, 6.07) is 99.7. The van der Waals surface area contributed by atoms with Crippen LogP contribution in [0.1, 0.15) is 22.3 Å². The average molecular weight is 1210 g/mol. The standard InChI is InChI=1S/C42H30B2F2N6O6S2.4C6H6.Fe/c45-43-53-47-37(31-19-7-1-8-20-31)38(32-21-9-2-10-22-32)48-54-44(46,56-50-40(34-25-13-4-14-26-34)39(49-55-43)33-23-11-3-12-24-33)58-52-42(60-36-29-17-6-18-30-36)41(51-57-43)59-35-27-15-5-16-28-35;4*1-2-4-6-5-3-1;/h1-30H;4*1-6H;/q-2;;;;;+2/b47-37+,48-38+,49-39+,50-40+,51-41-,52-42-;;;;;. The molecule has 0 spiro atoms. The van der Waals surface area contributed by atoms with E-state index >= 15 is 8.63 Å². The number of benzene rings is 10. The summed E-state index contributed by atoms with van der Waals surface area (Å²) in [6.07, 6.45) is 0. The smallest absolute Gasteiger partial charge is 0.509 e. The quantitative estimate of drug-likeness (QED) is 0.151. The van der Waals surface area contributed by atoms with Gasteiger partial charge in [-0.1, -0.05) is 327 Å². The molecule has 13 rings (SSSR count). The molecule has 0 saturated carbocycles. The van der Waals surface area contributed by atoms with Gasteiger partial charge < -0.3 is 37.2 Å². The van der Waals surface area contributed by atoms with E-state index in [4.69, 9.17) is 28.5 Å². The first kappa shape index (κ1) is 62.8. The van der Waals surface area contributed by atoms with Crippen LogP contribution in [-0.2, 0) is 45.6 Å². The van der Waals surface area contributed by atoms with E-state index in [1.807, 2.05) is 158 Å². The molecule has 85 heavy (non-hydrogen) atoms. The van der Waals surface area contributed by atoms with E-state index in [-0.39, 0.29) is 50.0 Å². The third-order valence-corrected chi connectivity index (χ3v) is 13.1. The van der Waals surface area contributed by atoms with Crippen LogP contribution >= 0.6 is 23.5 Å². The molecule has 0 unspecified atom stereocenters. The average Bonchev–Trinajstić information content (AvgIpc) is 3.77. The van der Waals surface area contributed by atoms with E-state index in [0.29, 0.717) is 32.0 Å². The van der Waals surface area contributed by atoms with E-state index in [1.54, 1.807) is 170 Å². The summed E-state index contributed by atoms with van der Waals surface area (Å²) in [7, 11) is -9.25. The van der Waals surface area contributed by atoms with Crippen LogP contribution in [-0.4, -0.2) is 47.0 Å². The zero-order chi connectivity index (χ0) is 58.0. The Morgan fingerprint density at radius 2 is 0.376 bits per heavy atom. The molecule has 10 aromatic carbocycles. The van der Waals surface area contributed by atoms with Crippen molar-refractivity contribution in [1.82, 2.24) is 0 Å². The van der Waals surface area contributed by atoms with Crippen LogP contribution in [0.4, 0.5) is 8.63 Å². The van der Waals surface area contributed by atoms with E-state index in [0.717, 1.165) is 23.5 Å². The van der Waals surface area contributed by atoms with Crippen molar-refractivity contribution in [3.8, 4) is 0 Å². The number of fused-ring (bicyclic) bond motifs is 9. The minimum absolute atomic E-state index is 0. The molecule has 3 heterocycles. The van der Waals surface area contributed by atoms with Crippen LogP contribution in [0.25, 0.3) is 0 Å². The molecule has 0 aliphatic carbocycles. The van der Waals surface area contributed by atoms with E-state index in [1.165, 1.54) is 0 Å². The molecule has 19 heteroatoms. The summed E-state index contributed by atoms with van der Waals surface area (Å²) in [5.74, 6) is 0. The fraction of sp³-hybridized carbons (Fsp3) is 0. The summed E-state index contributed by atoms with van der Waals surface area (Å²) in [5.41, 5.74) is 0.828. The third-order valence-electron chi connectivity index (χ3n) is 11.0. The van der Waals surface area contributed by atoms with Gasteiger partial charge in [-0.25, -0.2) is 0 Å². The van der Waals surface area contributed by atoms with Crippen molar-refractivity contribution < 1.29 is 54.2 Å². The Labute approximate surface area is 512 Å². The molecule has 10 aromatic rings. The van der Waals surface area contributed by atoms with Gasteiger partial charge in [0.2, 0.25) is 0 Å². The summed E-state index contributed by atoms with van der Waals surface area (Å²) >= 11 is 1.98. The second-order valence-electron chi connectivity index (χ2n) is 17.2. The predicted octanol–water partition coefficient (Wildman–Crippen LogP) is 16.5. The maximum absolute atomic E-state index is 17.7. The first-order valence-electron chi connectivity index (χ1n) is 26.3. The molecule has 2 bridgehead atoms. The molecule has 0 atom stereocenters. The molecular formula is C66H54B2F2FeN6O6S2. The zero-order valence-corrected chi connectivity index (χ0v) is 48.1. The van der Waals surface area contributed by atoms with Gasteiger partial charge in [-0.05, 0) is 24.3 Å². The van der Waals surface area contributed by atoms with Crippen LogP contribution < -0.4 is 0 Å². The van der Waals surface area contributed by atoms with Crippen molar-refractivity contribution in [2.24, 2.45) is 30.9 Å². The van der Waals surface area contributed by atoms with Crippen molar-refractivity contribution in [3.63, 3.8) is 0 Å². The van der Waals surface area contributed by atoms with Crippen LogP contribution in [0.2, 0.25) is 0 Å². The molecule has 3 aliphatic rings. The SMILES string of the molecule is F[B-]12O/N=C(Sc3ccccc3)/C(Sc3ccccc3)=N/O[B-](F)(O/N=C(c3ccccc3)/C(c3ccccc3)=N/O1)O/N=C(c1ccccc1)/C(c1ccccc1)=N/O2.[Fe+2].c1ccccc1.c1ccccc1.c1ccccc1.c1ccccc1. The molecule has 0 aromatic heterocycles. The summed E-state index contributed by atoms with van der Waals surface area (Å²) in [6.45, 7) is 0. The summed E-state index contributed by atoms with van der Waals surface area (Å²) in [5, 5.41) is 25.0. The molecule has 0 saturated heterocycles. The maximum atomic E-state index is 17.7. The second kappa shape index (κ2) is 35.3. The largest absolute Gasteiger partial charge is 2.00 e. The van der Waals surface area contributed by atoms with Gasteiger partial charge in [0, 0.05) is 32.0 Å². The van der Waals surface area contributed by atoms with Gasteiger partial charge in [-0.3, -0.25) is 0 Å². The van der Waals surface area contributed by atoms with Crippen LogP contribution in [0, 0.1) is 0 Å². The Hall–Kier alpha value is -9.77. The second-order valence-corrected chi connectivity index (χ2v) is 19.3. The Balaban J connectivity index is 0.000000339. The van der Waals surface area contributed by atoms with E-state index < -0.39 is 14.1 Å². The van der Waals surface area contributed by atoms with Gasteiger partial charge in [0.05, 0.1) is 0 Å². The van der Waals surface area contributed by atoms with E-state index in [2.05, 4.69) is 30.9 Å². The number of nitrogens with zero attached hydrogens (tertiary/aromatic N) is 6. The summed E-state index contributed by atoms with van der Waals surface area (Å²) in [4.78, 5) is 1.24. The molecule has 3 aliphatic heterocycles. The van der Waals surface area contributed by atoms with Crippen LogP contribution in [0.15, 0.2) is 368 Å². The van der Waals surface area contributed by atoms with E-state index in [9.17, 15) is 0 Å². The number of thioether (sulfide) groups is 2. The Morgan fingerprint density at radius 1 is 0.224 bits per heavy atom. The van der Waals surface area contributed by atoms with Gasteiger partial charge in [0.15, 0.2) is 10.1 Å². The van der Waals surface area contributed by atoms with Crippen molar-refractivity contribution in [3.05, 3.63) is 350 Å². The van der Waals surface area contributed by atoms with Crippen LogP contribution in [0.3, 0.4) is 0 Å². The van der Waals surface area contributed by atoms with Crippen molar-refractivity contribution >= 4 is 70.5 Å². The first-order chi connectivity index (χ1) is 41.4. The van der Waals surface area contributed by atoms with Gasteiger partial charge >= 0.3 is 31.1 Å². The molecule has 0 fully saturated rings. The first-order valence-corrected chi connectivity index (χ1v) is 28.0. The topological polar surface area (TPSA) is 130 Å². The monoisotopic (exact) mass is 1210 g/mol. The molecule has 0 amide bonds. The minimum Gasteiger partial charge on any atom is -0.509 e. The predicted molar refractivity (Wildman–Crippen MR) is 337 cm³/mol. The van der Waals surface area contributed by atoms with Crippen molar-refractivity contribution in [2.75, 3.05) is 0 Å². The van der Waals surface area contributed by atoms with Crippen LogP contribution in [0.5, 0.6) is 0 Å². The van der Waals surface area contributed by atoms with Gasteiger partial charge in [-0.15, -0.1) is 30.9 Å². The number of rotatable bonds is 6. The molecule has 0 radical (unpaired) electrons. The van der Waals surface area contributed by atoms with Crippen molar-refractivity contribution in [1.29, 1.82) is 0 Å². The Morgan fingerprint density at radius 3 is 0.565 bits per heavy atom. The molecule has 12 nitrogen and oxygen atoms in total. The molecular weight excluding hydrogens is 1150 g/mol. The molecule has 0 N–H and O–H groups in total. The normalized spacial score (nSPS) is 19.7. The number of oxime groups is 6. The number of hydrogen-bond acceptors (Lipinski definition) is 14. The van der Waals surface area contributed by atoms with Crippen molar-refractivity contribution in [2.45, 2.75) is 9.79 Å². The summed E-state index contributed by atoms with van der Waals surface area (Å²) < 4.78 is 69.2. The van der Waals surface area contributed by atoms with Gasteiger partial charge in [0.25, 0.3) is 0 Å². The third kappa shape index (κ3) is 21.5. The maximum Gasteiger partial charge on any atom is 2.00 e. The number of halogens is 2. The molecule has 424 valence electrons. The fourth-order valence-corrected chi connectivity index (χ4v) is 8.75. The number of hydrogen-bond donors (Lipinski definition) is 0. The Bertz CT molecular complexity index is 3120. The fourth-order valence-electron chi connectivity index (χ4n) is 7.06. The minimum atomic E-state index is -4.62. The van der Waals surface area contributed by atoms with Gasteiger partial charge in [-0.2, -0.15) is 0 Å². The van der Waals surface area contributed by atoms with Gasteiger partial charge in [0.1, 0.15) is 22.8 Å². The zero-order valence-electron chi connectivity index (χ0n) is 45.4.